The predicted octanol–water partition coefficient (Wildman–Crippen LogP) is 12.9. The molecule has 0 spiro atoms. The van der Waals surface area contributed by atoms with Gasteiger partial charge in [-0.15, -0.1) is 20.1 Å². The molecule has 42 heavy (non-hydrogen) atoms. The number of allylic oxidation sites excluding steroid dienone is 2. The third-order valence-corrected chi connectivity index (χ3v) is 15.9. The number of hydrogen-bond acceptors (Lipinski definition) is 0. The molecule has 0 atom stereocenters. The van der Waals surface area contributed by atoms with Gasteiger partial charge in [0.25, 0.3) is 0 Å². The van der Waals surface area contributed by atoms with Gasteiger partial charge in [-0.3, -0.25) is 0 Å². The van der Waals surface area contributed by atoms with Crippen LogP contribution in [0.5, 0.6) is 0 Å². The van der Waals surface area contributed by atoms with Crippen molar-refractivity contribution in [1.29, 1.82) is 0 Å². The van der Waals surface area contributed by atoms with Gasteiger partial charge in [-0.2, -0.15) is 0 Å². The molecule has 5 aromatic carbocycles. The Morgan fingerprint density at radius 2 is 0.571 bits per heavy atom. The monoisotopic (exact) mass is 586 g/mol. The lowest BCUT2D eigenvalue weighted by atomic mass is 10.2. The van der Waals surface area contributed by atoms with E-state index in [4.69, 9.17) is 0 Å². The summed E-state index contributed by atoms with van der Waals surface area (Å²) >= 11 is 0. The molecule has 0 saturated heterocycles. The number of benzene rings is 5. The first-order valence-electron chi connectivity index (χ1n) is 15.2. The van der Waals surface area contributed by atoms with Gasteiger partial charge >= 0.3 is 0 Å². The molecule has 1 aliphatic heterocycles. The second-order valence-corrected chi connectivity index (χ2v) is 15.7. The quantitative estimate of drug-likeness (QED) is 0.196. The van der Waals surface area contributed by atoms with Gasteiger partial charge in [0.1, 0.15) is 0 Å². The fourth-order valence-corrected chi connectivity index (χ4v) is 15.8. The lowest BCUT2D eigenvalue weighted by molar-refractivity contribution is 1.01. The van der Waals surface area contributed by atoms with Crippen molar-refractivity contribution in [3.63, 3.8) is 0 Å². The van der Waals surface area contributed by atoms with Gasteiger partial charge < -0.3 is 0 Å². The van der Waals surface area contributed by atoms with Crippen molar-refractivity contribution < 1.29 is 0 Å². The van der Waals surface area contributed by atoms with Gasteiger partial charge in [0.2, 0.25) is 0 Å². The van der Waals surface area contributed by atoms with Gasteiger partial charge in [0.15, 0.2) is 0 Å². The highest BCUT2D eigenvalue weighted by molar-refractivity contribution is 8.43. The van der Waals surface area contributed by atoms with E-state index in [1.54, 1.807) is 0 Å². The Labute approximate surface area is 256 Å². The first-order chi connectivity index (χ1) is 20.9. The summed E-state index contributed by atoms with van der Waals surface area (Å²) in [7, 11) is -3.38. The maximum atomic E-state index is 2.59. The maximum absolute atomic E-state index is 2.59. The Balaban J connectivity index is 0.000000847. The SMILES string of the molecule is C1=C2C(=CCC1)S(c1ccccc1)(c1ccccc1)c1ccccc1S2(c1ccccc1)c1ccccc1.CC.CC. The zero-order valence-electron chi connectivity index (χ0n) is 25.2. The lowest BCUT2D eigenvalue weighted by Gasteiger charge is -2.58. The zero-order valence-corrected chi connectivity index (χ0v) is 26.9. The molecule has 214 valence electrons. The average molecular weight is 587 g/mol. The molecule has 0 N–H and O–H groups in total. The van der Waals surface area contributed by atoms with Crippen LogP contribution >= 0.6 is 20.1 Å². The van der Waals surface area contributed by atoms with E-state index in [0.717, 1.165) is 12.8 Å². The topological polar surface area (TPSA) is 0 Å². The van der Waals surface area contributed by atoms with E-state index >= 15 is 0 Å². The summed E-state index contributed by atoms with van der Waals surface area (Å²) in [5, 5.41) is 0. The van der Waals surface area contributed by atoms with E-state index in [1.807, 2.05) is 27.7 Å². The Bertz CT molecular complexity index is 1430. The molecule has 0 bridgehead atoms. The maximum Gasteiger partial charge on any atom is 0.0154 e. The second kappa shape index (κ2) is 13.5. The second-order valence-electron chi connectivity index (χ2n) is 9.64. The molecule has 5 aromatic rings. The van der Waals surface area contributed by atoms with Gasteiger partial charge in [-0.05, 0) is 73.5 Å². The summed E-state index contributed by atoms with van der Waals surface area (Å²) in [6.45, 7) is 8.00. The molecule has 0 radical (unpaired) electrons. The van der Waals surface area contributed by atoms with Crippen molar-refractivity contribution in [3.8, 4) is 0 Å². The molecule has 1 heterocycles. The Morgan fingerprint density at radius 1 is 0.333 bits per heavy atom. The predicted molar refractivity (Wildman–Crippen MR) is 185 cm³/mol. The average Bonchev–Trinajstić information content (AvgIpc) is 3.10. The Hall–Kier alpha value is -3.72. The van der Waals surface area contributed by atoms with Crippen LogP contribution in [0.4, 0.5) is 0 Å². The molecule has 0 fully saturated rings. The van der Waals surface area contributed by atoms with Crippen molar-refractivity contribution in [2.75, 3.05) is 0 Å². The van der Waals surface area contributed by atoms with Crippen LogP contribution in [-0.4, -0.2) is 0 Å². The molecule has 7 rings (SSSR count). The molecule has 1 aliphatic carbocycles. The van der Waals surface area contributed by atoms with Crippen LogP contribution < -0.4 is 0 Å². The van der Waals surface area contributed by atoms with E-state index in [1.165, 1.54) is 39.2 Å². The third-order valence-electron chi connectivity index (χ3n) is 7.62. The molecule has 0 amide bonds. The van der Waals surface area contributed by atoms with Crippen molar-refractivity contribution in [2.45, 2.75) is 69.9 Å². The van der Waals surface area contributed by atoms with E-state index in [-0.39, 0.29) is 0 Å². The molecule has 0 saturated carbocycles. The van der Waals surface area contributed by atoms with Crippen LogP contribution in [0, 0.1) is 0 Å². The molecule has 0 aromatic heterocycles. The Kier molecular flexibility index (Phi) is 9.57. The van der Waals surface area contributed by atoms with E-state index < -0.39 is 20.1 Å². The number of fused-ring (bicyclic) bond motifs is 2. The normalized spacial score (nSPS) is 17.1. The van der Waals surface area contributed by atoms with Gasteiger partial charge in [0.05, 0.1) is 0 Å². The minimum Gasteiger partial charge on any atom is -0.131 e. The smallest absolute Gasteiger partial charge is 0.0154 e. The first kappa shape index (κ1) is 29.8. The van der Waals surface area contributed by atoms with Crippen molar-refractivity contribution in [2.24, 2.45) is 0 Å². The minimum atomic E-state index is -1.69. The molecular formula is C40H42S2. The minimum absolute atomic E-state index is 1.08. The Morgan fingerprint density at radius 3 is 0.833 bits per heavy atom. The molecule has 0 nitrogen and oxygen atoms in total. The van der Waals surface area contributed by atoms with Crippen molar-refractivity contribution >= 4 is 20.1 Å². The molecule has 0 unspecified atom stereocenters. The highest BCUT2D eigenvalue weighted by Gasteiger charge is 2.51. The standard InChI is InChI=1S/C36H30S2.2C2H6/c1-5-17-29(18-6-1)37(30-19-7-2-8-20-30)33-25-13-15-27-35(33)38(31-21-9-3-10-22-31,32-23-11-4-12-24-32)36-28-16-14-26-34(36)37;2*1-2/h1-13,15,17-28H,14,16H2;2*1-2H3. The lowest BCUT2D eigenvalue weighted by Crippen LogP contribution is -2.22. The van der Waals surface area contributed by atoms with Crippen LogP contribution in [-0.2, 0) is 0 Å². The largest absolute Gasteiger partial charge is 0.131 e. The fourth-order valence-electron chi connectivity index (χ4n) is 6.16. The van der Waals surface area contributed by atoms with E-state index in [9.17, 15) is 0 Å². The fraction of sp³-hybridized carbons (Fsp3) is 0.150. The van der Waals surface area contributed by atoms with Crippen LogP contribution in [0.3, 0.4) is 0 Å². The molecule has 2 aliphatic rings. The van der Waals surface area contributed by atoms with Crippen LogP contribution in [0.1, 0.15) is 40.5 Å². The van der Waals surface area contributed by atoms with E-state index in [2.05, 4.69) is 158 Å². The summed E-state index contributed by atoms with van der Waals surface area (Å²) in [6, 6.07) is 54.6. The van der Waals surface area contributed by atoms with Gasteiger partial charge in [-0.1, -0.05) is 125 Å². The van der Waals surface area contributed by atoms with Crippen LogP contribution in [0.15, 0.2) is 197 Å². The van der Waals surface area contributed by atoms with Gasteiger partial charge in [-0.25, -0.2) is 0 Å². The summed E-state index contributed by atoms with van der Waals surface area (Å²) < 4.78 is 0. The first-order valence-corrected chi connectivity index (χ1v) is 18.5. The molecule has 2 heteroatoms. The number of hydrogen-bond donors (Lipinski definition) is 0. The van der Waals surface area contributed by atoms with E-state index in [0.29, 0.717) is 0 Å². The summed E-state index contributed by atoms with van der Waals surface area (Å²) in [5.41, 5.74) is 0. The third kappa shape index (κ3) is 4.68. The van der Waals surface area contributed by atoms with Crippen molar-refractivity contribution in [1.82, 2.24) is 0 Å². The van der Waals surface area contributed by atoms with Crippen LogP contribution in [0.2, 0.25) is 0 Å². The summed E-state index contributed by atoms with van der Waals surface area (Å²) in [4.78, 5) is 11.7. The van der Waals surface area contributed by atoms with Crippen LogP contribution in [0.25, 0.3) is 0 Å². The van der Waals surface area contributed by atoms with Gasteiger partial charge in [0, 0.05) is 39.2 Å². The highest BCUT2D eigenvalue weighted by Crippen LogP contribution is 2.90. The summed E-state index contributed by atoms with van der Waals surface area (Å²) in [5.74, 6) is 0. The van der Waals surface area contributed by atoms with Crippen molar-refractivity contribution in [3.05, 3.63) is 168 Å². The zero-order chi connectivity index (χ0) is 29.4. The highest BCUT2D eigenvalue weighted by atomic mass is 32.3. The molecular weight excluding hydrogens is 545 g/mol. The summed E-state index contributed by atoms with van der Waals surface area (Å²) in [6.07, 6.45) is 7.34. The number of rotatable bonds is 4.